The number of carbonyl (C=O) groups excluding carboxylic acids is 1. The summed E-state index contributed by atoms with van der Waals surface area (Å²) in [6.45, 7) is 3.05. The first-order valence-corrected chi connectivity index (χ1v) is 6.01. The van der Waals surface area contributed by atoms with Crippen LogP contribution in [0.5, 0.6) is 0 Å². The summed E-state index contributed by atoms with van der Waals surface area (Å²) < 4.78 is 6.33. The molecule has 1 aromatic rings. The summed E-state index contributed by atoms with van der Waals surface area (Å²) >= 11 is 0. The van der Waals surface area contributed by atoms with Crippen LogP contribution < -0.4 is 11.2 Å². The zero-order valence-electron chi connectivity index (χ0n) is 10.3. The van der Waals surface area contributed by atoms with E-state index in [-0.39, 0.29) is 11.3 Å². The van der Waals surface area contributed by atoms with E-state index in [2.05, 4.69) is 4.98 Å². The van der Waals surface area contributed by atoms with Crippen LogP contribution in [0.2, 0.25) is 0 Å². The quantitative estimate of drug-likeness (QED) is 0.774. The van der Waals surface area contributed by atoms with Gasteiger partial charge in [0.25, 0.3) is 5.56 Å². The summed E-state index contributed by atoms with van der Waals surface area (Å²) in [6, 6.07) is 0. The highest BCUT2D eigenvalue weighted by Gasteiger charge is 2.17. The lowest BCUT2D eigenvalue weighted by molar-refractivity contribution is 0.101. The molecular weight excluding hydrogens is 236 g/mol. The maximum atomic E-state index is 11.9. The fourth-order valence-electron chi connectivity index (χ4n) is 2.09. The van der Waals surface area contributed by atoms with E-state index in [1.54, 1.807) is 0 Å². The van der Waals surface area contributed by atoms with Gasteiger partial charge < -0.3 is 9.72 Å². The molecule has 0 amide bonds. The monoisotopic (exact) mass is 252 g/mol. The molecule has 18 heavy (non-hydrogen) atoms. The van der Waals surface area contributed by atoms with Gasteiger partial charge in [-0.3, -0.25) is 14.2 Å². The second kappa shape index (κ2) is 5.30. The minimum atomic E-state index is -0.509. The van der Waals surface area contributed by atoms with Gasteiger partial charge in [0, 0.05) is 26.0 Å². The first-order chi connectivity index (χ1) is 8.59. The van der Waals surface area contributed by atoms with Crippen molar-refractivity contribution in [2.24, 2.45) is 5.92 Å². The summed E-state index contributed by atoms with van der Waals surface area (Å²) in [5, 5.41) is 0. The zero-order valence-corrected chi connectivity index (χ0v) is 10.3. The van der Waals surface area contributed by atoms with Gasteiger partial charge in [-0.1, -0.05) is 0 Å². The molecule has 0 bridgehead atoms. The van der Waals surface area contributed by atoms with Crippen molar-refractivity contribution in [3.63, 3.8) is 0 Å². The van der Waals surface area contributed by atoms with E-state index < -0.39 is 11.2 Å². The highest BCUT2D eigenvalue weighted by molar-refractivity contribution is 5.93. The molecule has 0 aromatic carbocycles. The van der Waals surface area contributed by atoms with Crippen LogP contribution in [-0.2, 0) is 11.3 Å². The smallest absolute Gasteiger partial charge is 0.328 e. The molecular formula is C12H16N2O4. The summed E-state index contributed by atoms with van der Waals surface area (Å²) in [6.07, 6.45) is 2.85. The molecule has 1 saturated heterocycles. The first-order valence-electron chi connectivity index (χ1n) is 6.01. The topological polar surface area (TPSA) is 81.2 Å². The van der Waals surface area contributed by atoms with Gasteiger partial charge in [0.05, 0.1) is 5.56 Å². The largest absolute Gasteiger partial charge is 0.381 e. The van der Waals surface area contributed by atoms with Gasteiger partial charge in [-0.2, -0.15) is 0 Å². The van der Waals surface area contributed by atoms with Crippen LogP contribution in [0.4, 0.5) is 0 Å². The summed E-state index contributed by atoms with van der Waals surface area (Å²) in [7, 11) is 0. The Hall–Kier alpha value is -1.69. The second-order valence-electron chi connectivity index (χ2n) is 4.54. The molecule has 2 rings (SSSR count). The Balaban J connectivity index is 2.21. The molecule has 1 N–H and O–H groups in total. The minimum Gasteiger partial charge on any atom is -0.381 e. The number of nitrogens with one attached hydrogen (secondary N) is 1. The second-order valence-corrected chi connectivity index (χ2v) is 4.54. The van der Waals surface area contributed by atoms with E-state index in [1.165, 1.54) is 13.1 Å². The average molecular weight is 252 g/mol. The van der Waals surface area contributed by atoms with E-state index in [9.17, 15) is 14.4 Å². The van der Waals surface area contributed by atoms with Crippen molar-refractivity contribution in [3.8, 4) is 0 Å². The van der Waals surface area contributed by atoms with Gasteiger partial charge >= 0.3 is 5.69 Å². The van der Waals surface area contributed by atoms with Crippen molar-refractivity contribution >= 4 is 5.78 Å². The highest BCUT2D eigenvalue weighted by Crippen LogP contribution is 2.16. The zero-order chi connectivity index (χ0) is 13.1. The Labute approximate surface area is 104 Å². The van der Waals surface area contributed by atoms with E-state index >= 15 is 0 Å². The van der Waals surface area contributed by atoms with Gasteiger partial charge in [0.15, 0.2) is 5.78 Å². The molecule has 1 aromatic heterocycles. The van der Waals surface area contributed by atoms with Gasteiger partial charge in [-0.15, -0.1) is 0 Å². The van der Waals surface area contributed by atoms with Crippen molar-refractivity contribution in [3.05, 3.63) is 32.6 Å². The van der Waals surface area contributed by atoms with E-state index in [4.69, 9.17) is 4.74 Å². The average Bonchev–Trinajstić information content (AvgIpc) is 2.81. The lowest BCUT2D eigenvalue weighted by Gasteiger charge is -2.09. The number of ketones is 1. The van der Waals surface area contributed by atoms with Crippen LogP contribution in [0.25, 0.3) is 0 Å². The number of rotatable bonds is 4. The highest BCUT2D eigenvalue weighted by atomic mass is 16.5. The number of nitrogens with zero attached hydrogens (tertiary/aromatic N) is 1. The molecule has 0 aliphatic carbocycles. The van der Waals surface area contributed by atoms with Crippen molar-refractivity contribution < 1.29 is 9.53 Å². The maximum Gasteiger partial charge on any atom is 0.328 e. The number of carbonyl (C=O) groups is 1. The van der Waals surface area contributed by atoms with E-state index in [1.807, 2.05) is 0 Å². The predicted octanol–water partition coefficient (Wildman–Crippen LogP) is 0.166. The Morgan fingerprint density at radius 1 is 1.56 bits per heavy atom. The molecule has 2 heterocycles. The van der Waals surface area contributed by atoms with E-state index in [0.717, 1.165) is 17.6 Å². The molecule has 6 heteroatoms. The van der Waals surface area contributed by atoms with E-state index in [0.29, 0.717) is 25.5 Å². The molecule has 1 fully saturated rings. The Morgan fingerprint density at radius 2 is 2.33 bits per heavy atom. The molecule has 1 aliphatic heterocycles. The molecule has 98 valence electrons. The predicted molar refractivity (Wildman–Crippen MR) is 64.9 cm³/mol. The first kappa shape index (κ1) is 12.8. The fourth-order valence-corrected chi connectivity index (χ4v) is 2.09. The van der Waals surface area contributed by atoms with Crippen molar-refractivity contribution in [1.82, 2.24) is 9.55 Å². The van der Waals surface area contributed by atoms with Crippen LogP contribution in [0.15, 0.2) is 15.8 Å². The van der Waals surface area contributed by atoms with Crippen LogP contribution in [0, 0.1) is 5.92 Å². The summed E-state index contributed by atoms with van der Waals surface area (Å²) in [4.78, 5) is 37.2. The third kappa shape index (κ3) is 2.59. The lowest BCUT2D eigenvalue weighted by Crippen LogP contribution is -2.38. The number of Topliss-reactive ketones (excluding diaryl/α,β-unsaturated/α-hetero) is 1. The third-order valence-corrected chi connectivity index (χ3v) is 3.22. The van der Waals surface area contributed by atoms with Gasteiger partial charge in [-0.25, -0.2) is 4.79 Å². The van der Waals surface area contributed by atoms with Gasteiger partial charge in [-0.05, 0) is 25.7 Å². The number of H-pyrrole nitrogens is 1. The molecule has 1 aliphatic rings. The molecule has 0 saturated carbocycles. The standard InChI is InChI=1S/C12H16N2O4/c1-8(15)10-6-13-12(17)14(11(10)16)4-2-9-3-5-18-7-9/h6,9H,2-5,7H2,1H3,(H,13,17). The molecule has 1 atom stereocenters. The Morgan fingerprint density at radius 3 is 2.94 bits per heavy atom. The van der Waals surface area contributed by atoms with Gasteiger partial charge in [0.2, 0.25) is 0 Å². The number of aromatic amines is 1. The summed E-state index contributed by atoms with van der Waals surface area (Å²) in [5.41, 5.74) is -0.952. The van der Waals surface area contributed by atoms with Crippen LogP contribution in [0.1, 0.15) is 30.1 Å². The minimum absolute atomic E-state index is 0.0253. The van der Waals surface area contributed by atoms with Crippen molar-refractivity contribution in [2.45, 2.75) is 26.3 Å². The number of hydrogen-bond donors (Lipinski definition) is 1. The summed E-state index contributed by atoms with van der Waals surface area (Å²) in [5.74, 6) is 0.0477. The molecule has 0 spiro atoms. The van der Waals surface area contributed by atoms with Crippen LogP contribution >= 0.6 is 0 Å². The number of aromatic nitrogens is 2. The lowest BCUT2D eigenvalue weighted by atomic mass is 10.1. The van der Waals surface area contributed by atoms with Crippen molar-refractivity contribution in [2.75, 3.05) is 13.2 Å². The van der Waals surface area contributed by atoms with Crippen LogP contribution in [0.3, 0.4) is 0 Å². The Bertz CT molecular complexity index is 552. The molecule has 6 nitrogen and oxygen atoms in total. The molecule has 1 unspecified atom stereocenters. The third-order valence-electron chi connectivity index (χ3n) is 3.22. The number of hydrogen-bond acceptors (Lipinski definition) is 4. The maximum absolute atomic E-state index is 11.9. The van der Waals surface area contributed by atoms with Gasteiger partial charge in [0.1, 0.15) is 0 Å². The fraction of sp³-hybridized carbons (Fsp3) is 0.583. The number of ether oxygens (including phenoxy) is 1. The Kier molecular flexibility index (Phi) is 3.76. The molecule has 0 radical (unpaired) electrons. The van der Waals surface area contributed by atoms with Crippen molar-refractivity contribution in [1.29, 1.82) is 0 Å². The van der Waals surface area contributed by atoms with Crippen LogP contribution in [-0.4, -0.2) is 28.5 Å². The SMILES string of the molecule is CC(=O)c1c[nH]c(=O)n(CCC2CCOC2)c1=O. The normalized spacial score (nSPS) is 19.1.